The van der Waals surface area contributed by atoms with Gasteiger partial charge in [-0.05, 0) is 75.8 Å². The summed E-state index contributed by atoms with van der Waals surface area (Å²) in [5.41, 5.74) is 4.67. The Hall–Kier alpha value is -2.34. The molecule has 0 saturated carbocycles. The van der Waals surface area contributed by atoms with E-state index in [9.17, 15) is 13.2 Å². The number of anilines is 1. The summed E-state index contributed by atoms with van der Waals surface area (Å²) in [6, 6.07) is 8.67. The number of rotatable bonds is 4. The SMILES string of the molecule is Cc1cc(C)c(NS(=O)(=O)c2ccc(C)c(C(=O)N3CCCCC3)c2)c(C)c1. The second-order valence-corrected chi connectivity index (χ2v) is 9.39. The van der Waals surface area contributed by atoms with Crippen LogP contribution in [0.4, 0.5) is 5.69 Å². The number of likely N-dealkylation sites (tertiary alicyclic amines) is 1. The van der Waals surface area contributed by atoms with Crippen LogP contribution in [0.5, 0.6) is 0 Å². The van der Waals surface area contributed by atoms with Gasteiger partial charge in [0.15, 0.2) is 0 Å². The van der Waals surface area contributed by atoms with Crippen molar-refractivity contribution in [1.29, 1.82) is 0 Å². The number of sulfonamides is 1. The quantitative estimate of drug-likeness (QED) is 0.830. The van der Waals surface area contributed by atoms with Crippen molar-refractivity contribution in [3.63, 3.8) is 0 Å². The van der Waals surface area contributed by atoms with Crippen molar-refractivity contribution in [3.8, 4) is 0 Å². The van der Waals surface area contributed by atoms with Gasteiger partial charge in [-0.1, -0.05) is 23.8 Å². The van der Waals surface area contributed by atoms with Crippen molar-refractivity contribution >= 4 is 21.6 Å². The average Bonchev–Trinajstić information content (AvgIpc) is 2.65. The predicted molar refractivity (Wildman–Crippen MR) is 112 cm³/mol. The molecule has 3 rings (SSSR count). The van der Waals surface area contributed by atoms with E-state index in [0.717, 1.165) is 54.6 Å². The molecule has 1 aliphatic rings. The van der Waals surface area contributed by atoms with Gasteiger partial charge < -0.3 is 4.90 Å². The van der Waals surface area contributed by atoms with Crippen molar-refractivity contribution in [3.05, 3.63) is 58.1 Å². The van der Waals surface area contributed by atoms with Crippen LogP contribution >= 0.6 is 0 Å². The lowest BCUT2D eigenvalue weighted by molar-refractivity contribution is 0.0723. The van der Waals surface area contributed by atoms with Crippen LogP contribution in [0.3, 0.4) is 0 Å². The van der Waals surface area contributed by atoms with E-state index in [4.69, 9.17) is 0 Å². The molecule has 0 spiro atoms. The summed E-state index contributed by atoms with van der Waals surface area (Å²) in [6.45, 7) is 9.06. The number of amides is 1. The van der Waals surface area contributed by atoms with E-state index in [0.29, 0.717) is 11.3 Å². The first-order valence-corrected chi connectivity index (χ1v) is 11.2. The van der Waals surface area contributed by atoms with Gasteiger partial charge in [0.25, 0.3) is 15.9 Å². The van der Waals surface area contributed by atoms with Gasteiger partial charge in [0.2, 0.25) is 0 Å². The summed E-state index contributed by atoms with van der Waals surface area (Å²) in [7, 11) is -3.80. The molecule has 2 aromatic rings. The van der Waals surface area contributed by atoms with Gasteiger partial charge in [-0.3, -0.25) is 9.52 Å². The van der Waals surface area contributed by atoms with Crippen molar-refractivity contribution in [2.75, 3.05) is 17.8 Å². The molecule has 1 aliphatic heterocycles. The molecule has 2 aromatic carbocycles. The zero-order valence-corrected chi connectivity index (χ0v) is 17.8. The Morgan fingerprint density at radius 2 is 1.50 bits per heavy atom. The number of nitrogens with zero attached hydrogens (tertiary/aromatic N) is 1. The number of hydrogen-bond donors (Lipinski definition) is 1. The van der Waals surface area contributed by atoms with E-state index in [1.165, 1.54) is 6.07 Å². The van der Waals surface area contributed by atoms with Crippen molar-refractivity contribution in [2.24, 2.45) is 0 Å². The molecular formula is C22H28N2O3S. The molecule has 1 fully saturated rings. The van der Waals surface area contributed by atoms with E-state index in [2.05, 4.69) is 4.72 Å². The largest absolute Gasteiger partial charge is 0.339 e. The summed E-state index contributed by atoms with van der Waals surface area (Å²) >= 11 is 0. The first kappa shape index (κ1) is 20.4. The first-order valence-electron chi connectivity index (χ1n) is 9.69. The fourth-order valence-corrected chi connectivity index (χ4v) is 5.03. The number of aryl methyl sites for hydroxylation is 4. The lowest BCUT2D eigenvalue weighted by Gasteiger charge is -2.27. The topological polar surface area (TPSA) is 66.5 Å². The Bertz CT molecular complexity index is 983. The van der Waals surface area contributed by atoms with Crippen molar-refractivity contribution in [2.45, 2.75) is 51.9 Å². The van der Waals surface area contributed by atoms with Crippen LogP contribution in [0.25, 0.3) is 0 Å². The fraction of sp³-hybridized carbons (Fsp3) is 0.409. The highest BCUT2D eigenvalue weighted by molar-refractivity contribution is 7.92. The molecule has 1 N–H and O–H groups in total. The summed E-state index contributed by atoms with van der Waals surface area (Å²) in [4.78, 5) is 14.8. The van der Waals surface area contributed by atoms with Crippen LogP contribution in [0.2, 0.25) is 0 Å². The molecule has 28 heavy (non-hydrogen) atoms. The molecule has 1 amide bonds. The molecule has 0 aliphatic carbocycles. The summed E-state index contributed by atoms with van der Waals surface area (Å²) in [5, 5.41) is 0. The molecule has 1 heterocycles. The van der Waals surface area contributed by atoms with Gasteiger partial charge in [0.05, 0.1) is 10.6 Å². The van der Waals surface area contributed by atoms with Gasteiger partial charge in [-0.15, -0.1) is 0 Å². The highest BCUT2D eigenvalue weighted by Gasteiger charge is 2.23. The maximum atomic E-state index is 13.0. The van der Waals surface area contributed by atoms with E-state index < -0.39 is 10.0 Å². The van der Waals surface area contributed by atoms with E-state index in [1.807, 2.05) is 44.7 Å². The minimum absolute atomic E-state index is 0.0862. The maximum Gasteiger partial charge on any atom is 0.261 e. The number of nitrogens with one attached hydrogen (secondary N) is 1. The third-order valence-electron chi connectivity index (χ3n) is 5.31. The van der Waals surface area contributed by atoms with Gasteiger partial charge in [0, 0.05) is 18.7 Å². The minimum Gasteiger partial charge on any atom is -0.339 e. The van der Waals surface area contributed by atoms with Gasteiger partial charge in [-0.25, -0.2) is 8.42 Å². The number of benzene rings is 2. The zero-order valence-electron chi connectivity index (χ0n) is 17.0. The highest BCUT2D eigenvalue weighted by Crippen LogP contribution is 2.26. The number of carbonyl (C=O) groups excluding carboxylic acids is 1. The summed E-state index contributed by atoms with van der Waals surface area (Å²) in [5.74, 6) is -0.0862. The Balaban J connectivity index is 1.94. The van der Waals surface area contributed by atoms with Crippen LogP contribution in [0.15, 0.2) is 35.2 Å². The van der Waals surface area contributed by atoms with Gasteiger partial charge >= 0.3 is 0 Å². The Morgan fingerprint density at radius 3 is 2.11 bits per heavy atom. The molecule has 0 unspecified atom stereocenters. The third kappa shape index (κ3) is 4.22. The predicted octanol–water partition coefficient (Wildman–Crippen LogP) is 4.35. The molecule has 1 saturated heterocycles. The van der Waals surface area contributed by atoms with Crippen LogP contribution in [-0.4, -0.2) is 32.3 Å². The van der Waals surface area contributed by atoms with E-state index in [-0.39, 0.29) is 10.8 Å². The van der Waals surface area contributed by atoms with Crippen LogP contribution in [-0.2, 0) is 10.0 Å². The molecule has 150 valence electrons. The van der Waals surface area contributed by atoms with E-state index in [1.54, 1.807) is 12.1 Å². The standard InChI is InChI=1S/C22H28N2O3S/c1-15-12-17(3)21(18(4)13-15)23-28(26,27)19-9-8-16(2)20(14-19)22(25)24-10-6-5-7-11-24/h8-9,12-14,23H,5-7,10-11H2,1-4H3. The lowest BCUT2D eigenvalue weighted by Crippen LogP contribution is -2.36. The highest BCUT2D eigenvalue weighted by atomic mass is 32.2. The molecule has 0 aromatic heterocycles. The molecule has 0 radical (unpaired) electrons. The summed E-state index contributed by atoms with van der Waals surface area (Å²) < 4.78 is 28.7. The lowest BCUT2D eigenvalue weighted by atomic mass is 10.1. The van der Waals surface area contributed by atoms with Crippen molar-refractivity contribution in [1.82, 2.24) is 4.90 Å². The zero-order chi connectivity index (χ0) is 20.5. The average molecular weight is 401 g/mol. The molecular weight excluding hydrogens is 372 g/mol. The monoisotopic (exact) mass is 400 g/mol. The normalized spacial score (nSPS) is 14.8. The van der Waals surface area contributed by atoms with Gasteiger partial charge in [0.1, 0.15) is 0 Å². The smallest absolute Gasteiger partial charge is 0.261 e. The third-order valence-corrected chi connectivity index (χ3v) is 6.65. The van der Waals surface area contributed by atoms with Crippen LogP contribution in [0, 0.1) is 27.7 Å². The Morgan fingerprint density at radius 1 is 0.893 bits per heavy atom. The minimum atomic E-state index is -3.80. The van der Waals surface area contributed by atoms with E-state index >= 15 is 0 Å². The Kier molecular flexibility index (Phi) is 5.79. The Labute approximate surface area is 167 Å². The second kappa shape index (κ2) is 7.95. The molecule has 6 heteroatoms. The molecule has 0 atom stereocenters. The van der Waals surface area contributed by atoms with Crippen molar-refractivity contribution < 1.29 is 13.2 Å². The molecule has 5 nitrogen and oxygen atoms in total. The fourth-order valence-electron chi connectivity index (χ4n) is 3.80. The first-order chi connectivity index (χ1) is 13.2. The number of piperidine rings is 1. The maximum absolute atomic E-state index is 13.0. The summed E-state index contributed by atoms with van der Waals surface area (Å²) in [6.07, 6.45) is 3.13. The number of hydrogen-bond acceptors (Lipinski definition) is 3. The van der Waals surface area contributed by atoms with Crippen LogP contribution < -0.4 is 4.72 Å². The van der Waals surface area contributed by atoms with Gasteiger partial charge in [-0.2, -0.15) is 0 Å². The number of carbonyl (C=O) groups is 1. The molecule has 0 bridgehead atoms. The second-order valence-electron chi connectivity index (χ2n) is 7.71. The van der Waals surface area contributed by atoms with Crippen LogP contribution in [0.1, 0.15) is 51.9 Å².